The Kier molecular flexibility index (Phi) is 6.91. The van der Waals surface area contributed by atoms with Crippen molar-refractivity contribution < 1.29 is 39.8 Å². The van der Waals surface area contributed by atoms with E-state index in [0.29, 0.717) is 45.4 Å². The molecule has 0 spiro atoms. The molecule has 11 heteroatoms. The van der Waals surface area contributed by atoms with Crippen molar-refractivity contribution in [2.24, 2.45) is 0 Å². The van der Waals surface area contributed by atoms with Gasteiger partial charge in [-0.2, -0.15) is 0 Å². The summed E-state index contributed by atoms with van der Waals surface area (Å²) in [6.45, 7) is 1.44. The highest BCUT2D eigenvalue weighted by Gasteiger charge is 2.27. The second-order valence-corrected chi connectivity index (χ2v) is 7.76. The summed E-state index contributed by atoms with van der Waals surface area (Å²) < 4.78 is 11.1. The first-order valence-electron chi connectivity index (χ1n) is 10.7. The molecule has 3 aromatic rings. The number of hydrogen-bond acceptors (Lipinski definition) is 10. The summed E-state index contributed by atoms with van der Waals surface area (Å²) in [5.41, 5.74) is 2.71. The van der Waals surface area contributed by atoms with Crippen molar-refractivity contribution in [1.29, 1.82) is 0 Å². The van der Waals surface area contributed by atoms with Crippen LogP contribution >= 0.6 is 0 Å². The molecule has 37 heavy (non-hydrogen) atoms. The minimum atomic E-state index is -0.179. The summed E-state index contributed by atoms with van der Waals surface area (Å²) in [6, 6.07) is 18.2. The predicted molar refractivity (Wildman–Crippen MR) is 133 cm³/mol. The Morgan fingerprint density at radius 1 is 0.784 bits per heavy atom. The van der Waals surface area contributed by atoms with Gasteiger partial charge in [0.2, 0.25) is 5.91 Å². The van der Waals surface area contributed by atoms with Crippen LogP contribution in [0.5, 0.6) is 28.7 Å². The number of benzene rings is 4. The molecule has 0 unspecified atom stereocenters. The standard InChI is InChI=1S/C14H11NO4.C12H7NO3.H2O2/c1-8(16)15-11-4-2-9(17)6-13(11)19-14-7-10(18)3-5-12(14)15;14-7-1-3-9-11(5-7)16-12-6-8(15)2-4-10(12)13-9;1-2/h2-7,17-18H,1H3;1-6,14H;1-2H. The van der Waals surface area contributed by atoms with Crippen LogP contribution in [-0.2, 0) is 4.79 Å². The molecule has 2 aliphatic heterocycles. The van der Waals surface area contributed by atoms with E-state index in [2.05, 4.69) is 4.98 Å². The molecule has 0 radical (unpaired) electrons. The molecule has 6 rings (SSSR count). The first-order valence-corrected chi connectivity index (χ1v) is 10.7. The van der Waals surface area contributed by atoms with Crippen LogP contribution in [0.1, 0.15) is 6.92 Å². The lowest BCUT2D eigenvalue weighted by Crippen LogP contribution is -2.25. The fourth-order valence-corrected chi connectivity index (χ4v) is 3.72. The topological polar surface area (TPSA) is 174 Å². The number of nitrogens with zero attached hydrogens (tertiary/aromatic N) is 2. The summed E-state index contributed by atoms with van der Waals surface area (Å²) in [5.74, 6) is 1.18. The van der Waals surface area contributed by atoms with Gasteiger partial charge in [0, 0.05) is 31.2 Å². The number of fused-ring (bicyclic) bond motifs is 4. The van der Waals surface area contributed by atoms with Gasteiger partial charge in [0.1, 0.15) is 28.5 Å². The zero-order chi connectivity index (χ0) is 26.7. The van der Waals surface area contributed by atoms with Crippen molar-refractivity contribution in [3.63, 3.8) is 0 Å². The van der Waals surface area contributed by atoms with Crippen LogP contribution < -0.4 is 15.1 Å². The third-order valence-electron chi connectivity index (χ3n) is 5.24. The molecule has 0 saturated heterocycles. The van der Waals surface area contributed by atoms with E-state index in [1.807, 2.05) is 0 Å². The predicted octanol–water partition coefficient (Wildman–Crippen LogP) is 4.90. The molecule has 1 amide bonds. The molecule has 0 saturated carbocycles. The van der Waals surface area contributed by atoms with Crippen LogP contribution in [-0.4, -0.2) is 36.7 Å². The minimum absolute atomic E-state index is 0.0471. The molecule has 5 N–H and O–H groups in total. The number of aromatic nitrogens is 1. The average molecular weight is 504 g/mol. The van der Waals surface area contributed by atoms with Gasteiger partial charge in [0.15, 0.2) is 28.3 Å². The number of phenolic OH excluding ortho intramolecular Hbond substituents is 3. The summed E-state index contributed by atoms with van der Waals surface area (Å²) in [4.78, 5) is 28.8. The molecule has 3 aliphatic rings. The maximum atomic E-state index is 11.8. The molecule has 0 bridgehead atoms. The summed E-state index contributed by atoms with van der Waals surface area (Å²) in [7, 11) is 0. The van der Waals surface area contributed by atoms with Crippen LogP contribution in [0.3, 0.4) is 0 Å². The van der Waals surface area contributed by atoms with Gasteiger partial charge < -0.3 is 24.5 Å². The number of anilines is 2. The molecule has 11 nitrogen and oxygen atoms in total. The number of hydrogen-bond donors (Lipinski definition) is 5. The quantitative estimate of drug-likeness (QED) is 0.111. The van der Waals surface area contributed by atoms with Crippen molar-refractivity contribution in [2.45, 2.75) is 6.92 Å². The Balaban J connectivity index is 0.000000164. The first kappa shape index (κ1) is 25.0. The van der Waals surface area contributed by atoms with E-state index in [4.69, 9.17) is 19.7 Å². The highest BCUT2D eigenvalue weighted by molar-refractivity contribution is 6.03. The number of ether oxygens (including phenoxy) is 1. The van der Waals surface area contributed by atoms with E-state index in [9.17, 15) is 24.9 Å². The second-order valence-electron chi connectivity index (χ2n) is 7.76. The van der Waals surface area contributed by atoms with Crippen LogP contribution in [0.15, 0.2) is 82.0 Å². The molecular weight excluding hydrogens is 484 g/mol. The van der Waals surface area contributed by atoms with Crippen LogP contribution in [0.4, 0.5) is 11.4 Å². The molecular formula is C26H20N2O9. The smallest absolute Gasteiger partial charge is 0.228 e. The largest absolute Gasteiger partial charge is 0.508 e. The van der Waals surface area contributed by atoms with E-state index >= 15 is 0 Å². The van der Waals surface area contributed by atoms with E-state index in [-0.39, 0.29) is 28.6 Å². The molecule has 0 atom stereocenters. The Morgan fingerprint density at radius 2 is 1.35 bits per heavy atom. The molecule has 188 valence electrons. The van der Waals surface area contributed by atoms with Crippen molar-refractivity contribution >= 4 is 28.4 Å². The zero-order valence-corrected chi connectivity index (χ0v) is 19.2. The van der Waals surface area contributed by atoms with Crippen LogP contribution in [0, 0.1) is 0 Å². The van der Waals surface area contributed by atoms with Gasteiger partial charge in [0.05, 0.1) is 11.4 Å². The number of aromatic hydroxyl groups is 3. The summed E-state index contributed by atoms with van der Waals surface area (Å²) >= 11 is 0. The Morgan fingerprint density at radius 3 is 1.95 bits per heavy atom. The number of phenols is 3. The van der Waals surface area contributed by atoms with Gasteiger partial charge in [0.25, 0.3) is 0 Å². The molecule has 0 fully saturated rings. The molecule has 0 aromatic heterocycles. The normalized spacial score (nSPS) is 11.3. The minimum Gasteiger partial charge on any atom is -0.508 e. The highest BCUT2D eigenvalue weighted by Crippen LogP contribution is 2.48. The number of rotatable bonds is 0. The lowest BCUT2D eigenvalue weighted by atomic mass is 10.1. The maximum Gasteiger partial charge on any atom is 0.228 e. The molecule has 2 heterocycles. The Bertz CT molecular complexity index is 1580. The fourth-order valence-electron chi connectivity index (χ4n) is 3.72. The van der Waals surface area contributed by atoms with Crippen molar-refractivity contribution in [3.05, 3.63) is 83.0 Å². The summed E-state index contributed by atoms with van der Waals surface area (Å²) in [6.07, 6.45) is 0. The third kappa shape index (κ3) is 5.12. The van der Waals surface area contributed by atoms with Gasteiger partial charge in [-0.1, -0.05) is 0 Å². The lowest BCUT2D eigenvalue weighted by Gasteiger charge is -2.30. The van der Waals surface area contributed by atoms with Gasteiger partial charge in [-0.3, -0.25) is 25.0 Å². The van der Waals surface area contributed by atoms with Gasteiger partial charge >= 0.3 is 0 Å². The van der Waals surface area contributed by atoms with Crippen molar-refractivity contribution in [1.82, 2.24) is 4.98 Å². The first-order chi connectivity index (χ1) is 17.8. The molecule has 1 aliphatic carbocycles. The van der Waals surface area contributed by atoms with Crippen molar-refractivity contribution in [2.75, 3.05) is 4.90 Å². The van der Waals surface area contributed by atoms with Crippen molar-refractivity contribution in [3.8, 4) is 40.2 Å². The number of carbonyl (C=O) groups is 1. The van der Waals surface area contributed by atoms with Crippen LogP contribution in [0.25, 0.3) is 22.6 Å². The summed E-state index contributed by atoms with van der Waals surface area (Å²) in [5, 5.41) is 40.3. The van der Waals surface area contributed by atoms with Gasteiger partial charge in [-0.15, -0.1) is 0 Å². The van der Waals surface area contributed by atoms with Gasteiger partial charge in [-0.25, -0.2) is 4.98 Å². The Hall–Kier alpha value is -5.13. The number of amides is 1. The van der Waals surface area contributed by atoms with E-state index in [1.54, 1.807) is 30.3 Å². The third-order valence-corrected chi connectivity index (χ3v) is 5.24. The van der Waals surface area contributed by atoms with E-state index < -0.39 is 0 Å². The van der Waals surface area contributed by atoms with Gasteiger partial charge in [-0.05, 0) is 48.5 Å². The number of carbonyl (C=O) groups excluding carboxylic acids is 1. The highest BCUT2D eigenvalue weighted by atomic mass is 17.0. The van der Waals surface area contributed by atoms with E-state index in [0.717, 1.165) is 0 Å². The van der Waals surface area contributed by atoms with Crippen LogP contribution in [0.2, 0.25) is 0 Å². The monoisotopic (exact) mass is 504 g/mol. The Labute approximate surface area is 208 Å². The SMILES string of the molecule is CC(=O)N1c2ccc(O)cc2Oc2cc(O)ccc21.O=c1ccc2nc3ccc(O)cc3oc-2c1.OO. The lowest BCUT2D eigenvalue weighted by molar-refractivity contribution is -0.176. The van der Waals surface area contributed by atoms with E-state index in [1.165, 1.54) is 54.3 Å². The maximum absolute atomic E-state index is 11.8. The fraction of sp³-hybridized carbons (Fsp3) is 0.0385. The molecule has 3 aromatic carbocycles. The second kappa shape index (κ2) is 10.2. The zero-order valence-electron chi connectivity index (χ0n) is 19.2. The average Bonchev–Trinajstić information content (AvgIpc) is 2.87.